The number of hydrogen-bond donors (Lipinski definition) is 1. The maximum Gasteiger partial charge on any atom is 0.234 e. The SMILES string of the molecule is C/C=C\C(NC(=O)CSCc1csc(-c2ccccc2)n1)=C(/C)Br. The van der Waals surface area contributed by atoms with Gasteiger partial charge in [-0.15, -0.1) is 23.1 Å². The van der Waals surface area contributed by atoms with Crippen LogP contribution in [0.2, 0.25) is 0 Å². The number of carbonyl (C=O) groups is 1. The van der Waals surface area contributed by atoms with Gasteiger partial charge in [-0.2, -0.15) is 0 Å². The number of rotatable bonds is 7. The highest BCUT2D eigenvalue weighted by atomic mass is 79.9. The zero-order valence-corrected chi connectivity index (χ0v) is 16.8. The Morgan fingerprint density at radius 1 is 1.38 bits per heavy atom. The van der Waals surface area contributed by atoms with E-state index in [9.17, 15) is 4.79 Å². The minimum atomic E-state index is -0.00888. The maximum absolute atomic E-state index is 12.0. The third-order valence-corrected chi connectivity index (χ3v) is 5.37. The van der Waals surface area contributed by atoms with E-state index in [1.807, 2.05) is 44.2 Å². The number of amides is 1. The molecule has 0 radical (unpaired) electrons. The van der Waals surface area contributed by atoms with Crippen molar-refractivity contribution in [1.82, 2.24) is 10.3 Å². The summed E-state index contributed by atoms with van der Waals surface area (Å²) in [4.78, 5) is 16.6. The van der Waals surface area contributed by atoms with Crippen LogP contribution in [0.3, 0.4) is 0 Å². The first-order chi connectivity index (χ1) is 11.6. The minimum absolute atomic E-state index is 0.00888. The van der Waals surface area contributed by atoms with Gasteiger partial charge >= 0.3 is 0 Å². The van der Waals surface area contributed by atoms with Crippen LogP contribution >= 0.6 is 39.0 Å². The zero-order valence-electron chi connectivity index (χ0n) is 13.6. The quantitative estimate of drug-likeness (QED) is 0.610. The molecule has 1 amide bonds. The number of thioether (sulfide) groups is 1. The van der Waals surface area contributed by atoms with Crippen molar-refractivity contribution in [2.75, 3.05) is 5.75 Å². The average molecular weight is 423 g/mol. The third kappa shape index (κ3) is 5.92. The number of halogens is 1. The summed E-state index contributed by atoms with van der Waals surface area (Å²) in [7, 11) is 0. The predicted molar refractivity (Wildman–Crippen MR) is 108 cm³/mol. The monoisotopic (exact) mass is 422 g/mol. The first-order valence-electron chi connectivity index (χ1n) is 7.46. The number of aromatic nitrogens is 1. The molecule has 0 aliphatic carbocycles. The molecule has 0 saturated heterocycles. The fourth-order valence-electron chi connectivity index (χ4n) is 1.93. The molecular formula is C18H19BrN2OS2. The molecule has 1 heterocycles. The van der Waals surface area contributed by atoms with E-state index in [0.717, 1.165) is 32.2 Å². The largest absolute Gasteiger partial charge is 0.325 e. The van der Waals surface area contributed by atoms with Crippen molar-refractivity contribution in [3.8, 4) is 10.6 Å². The van der Waals surface area contributed by atoms with Crippen LogP contribution in [0.5, 0.6) is 0 Å². The molecule has 6 heteroatoms. The van der Waals surface area contributed by atoms with Crippen LogP contribution in [0.4, 0.5) is 0 Å². The number of carbonyl (C=O) groups excluding carboxylic acids is 1. The topological polar surface area (TPSA) is 42.0 Å². The normalized spacial score (nSPS) is 12.3. The van der Waals surface area contributed by atoms with E-state index in [1.165, 1.54) is 0 Å². The molecular weight excluding hydrogens is 404 g/mol. The Kier molecular flexibility index (Phi) is 7.75. The van der Waals surface area contributed by atoms with Crippen molar-refractivity contribution in [1.29, 1.82) is 0 Å². The van der Waals surface area contributed by atoms with Gasteiger partial charge in [0, 0.05) is 21.2 Å². The van der Waals surface area contributed by atoms with Crippen LogP contribution in [-0.2, 0) is 10.5 Å². The molecule has 0 fully saturated rings. The molecule has 0 unspecified atom stereocenters. The molecule has 2 rings (SSSR count). The smallest absolute Gasteiger partial charge is 0.234 e. The van der Waals surface area contributed by atoms with Crippen molar-refractivity contribution in [3.05, 3.63) is 63.7 Å². The van der Waals surface area contributed by atoms with Crippen molar-refractivity contribution in [3.63, 3.8) is 0 Å². The molecule has 126 valence electrons. The van der Waals surface area contributed by atoms with Crippen molar-refractivity contribution >= 4 is 44.9 Å². The summed E-state index contributed by atoms with van der Waals surface area (Å²) >= 11 is 6.60. The van der Waals surface area contributed by atoms with Crippen LogP contribution in [0.1, 0.15) is 19.5 Å². The van der Waals surface area contributed by atoms with Gasteiger partial charge in [0.2, 0.25) is 5.91 Å². The summed E-state index contributed by atoms with van der Waals surface area (Å²) in [6.45, 7) is 3.83. The molecule has 0 atom stereocenters. The first kappa shape index (κ1) is 19.0. The molecule has 0 spiro atoms. The molecule has 0 aliphatic rings. The highest BCUT2D eigenvalue weighted by molar-refractivity contribution is 9.11. The van der Waals surface area contributed by atoms with Gasteiger partial charge in [0.25, 0.3) is 0 Å². The van der Waals surface area contributed by atoms with Crippen molar-refractivity contribution < 1.29 is 4.79 Å². The summed E-state index contributed by atoms with van der Waals surface area (Å²) < 4.78 is 0.908. The maximum atomic E-state index is 12.0. The Labute approximate surface area is 159 Å². The number of benzene rings is 1. The van der Waals surface area contributed by atoms with Crippen LogP contribution in [0.25, 0.3) is 10.6 Å². The van der Waals surface area contributed by atoms with E-state index < -0.39 is 0 Å². The van der Waals surface area contributed by atoms with Crippen LogP contribution < -0.4 is 5.32 Å². The summed E-state index contributed by atoms with van der Waals surface area (Å²) in [5, 5.41) is 5.98. The van der Waals surface area contributed by atoms with Gasteiger partial charge < -0.3 is 5.32 Å². The second kappa shape index (κ2) is 9.81. The van der Waals surface area contributed by atoms with E-state index in [1.54, 1.807) is 23.1 Å². The van der Waals surface area contributed by atoms with Gasteiger partial charge in [0.1, 0.15) is 5.01 Å². The molecule has 2 aromatic rings. The third-order valence-electron chi connectivity index (χ3n) is 3.03. The molecule has 0 aliphatic heterocycles. The lowest BCUT2D eigenvalue weighted by Gasteiger charge is -2.06. The van der Waals surface area contributed by atoms with Gasteiger partial charge in [-0.25, -0.2) is 4.98 Å². The summed E-state index contributed by atoms with van der Waals surface area (Å²) in [5.74, 6) is 1.12. The molecule has 24 heavy (non-hydrogen) atoms. The lowest BCUT2D eigenvalue weighted by atomic mass is 10.2. The second-order valence-electron chi connectivity index (χ2n) is 5.00. The van der Waals surface area contributed by atoms with E-state index in [4.69, 9.17) is 0 Å². The standard InChI is InChI=1S/C18H19BrN2OS2/c1-3-7-16(13(2)19)21-17(22)12-23-10-15-11-24-18(20-15)14-8-5-4-6-9-14/h3-9,11H,10,12H2,1-2H3,(H,21,22)/b7-3-,16-13-. The molecule has 0 bridgehead atoms. The van der Waals surface area contributed by atoms with Gasteiger partial charge in [0.05, 0.1) is 17.1 Å². The number of hydrogen-bond acceptors (Lipinski definition) is 4. The van der Waals surface area contributed by atoms with Crippen LogP contribution in [-0.4, -0.2) is 16.6 Å². The summed E-state index contributed by atoms with van der Waals surface area (Å²) in [6.07, 6.45) is 3.77. The molecule has 3 nitrogen and oxygen atoms in total. The lowest BCUT2D eigenvalue weighted by molar-refractivity contribution is -0.117. The Morgan fingerprint density at radius 3 is 2.79 bits per heavy atom. The van der Waals surface area contributed by atoms with Crippen LogP contribution in [0, 0.1) is 0 Å². The second-order valence-corrected chi connectivity index (χ2v) is 8.03. The number of nitrogens with zero attached hydrogens (tertiary/aromatic N) is 1. The van der Waals surface area contributed by atoms with Crippen molar-refractivity contribution in [2.24, 2.45) is 0 Å². The first-order valence-corrected chi connectivity index (χ1v) is 10.3. The Bertz CT molecular complexity index is 734. The number of allylic oxidation sites excluding steroid dienone is 3. The van der Waals surface area contributed by atoms with Crippen LogP contribution in [0.15, 0.2) is 58.0 Å². The Balaban J connectivity index is 1.83. The van der Waals surface area contributed by atoms with Gasteiger partial charge in [-0.3, -0.25) is 4.79 Å². The fraction of sp³-hybridized carbons (Fsp3) is 0.222. The Morgan fingerprint density at radius 2 is 2.12 bits per heavy atom. The summed E-state index contributed by atoms with van der Waals surface area (Å²) in [6, 6.07) is 10.1. The highest BCUT2D eigenvalue weighted by Gasteiger charge is 2.08. The highest BCUT2D eigenvalue weighted by Crippen LogP contribution is 2.25. The van der Waals surface area contributed by atoms with Gasteiger partial charge in [-0.1, -0.05) is 52.3 Å². The predicted octanol–water partition coefficient (Wildman–Crippen LogP) is 5.36. The molecule has 1 N–H and O–H groups in total. The van der Waals surface area contributed by atoms with E-state index in [-0.39, 0.29) is 5.91 Å². The molecule has 0 saturated carbocycles. The summed E-state index contributed by atoms with van der Waals surface area (Å²) in [5.41, 5.74) is 2.94. The van der Waals surface area contributed by atoms with Gasteiger partial charge in [0.15, 0.2) is 0 Å². The van der Waals surface area contributed by atoms with E-state index in [0.29, 0.717) is 5.75 Å². The van der Waals surface area contributed by atoms with E-state index >= 15 is 0 Å². The lowest BCUT2D eigenvalue weighted by Crippen LogP contribution is -2.24. The molecule has 1 aromatic heterocycles. The minimum Gasteiger partial charge on any atom is -0.325 e. The number of thiazole rings is 1. The molecule has 1 aromatic carbocycles. The Hall–Kier alpha value is -1.37. The zero-order chi connectivity index (χ0) is 17.4. The number of nitrogens with one attached hydrogen (secondary N) is 1. The average Bonchev–Trinajstić information content (AvgIpc) is 3.04. The fourth-order valence-corrected chi connectivity index (χ4v) is 3.81. The van der Waals surface area contributed by atoms with E-state index in [2.05, 4.69) is 43.7 Å². The van der Waals surface area contributed by atoms with Gasteiger partial charge in [-0.05, 0) is 19.9 Å². The van der Waals surface area contributed by atoms with Crippen molar-refractivity contribution in [2.45, 2.75) is 19.6 Å².